The molecule has 0 unspecified atom stereocenters. The number of aromatic amines is 1. The second-order valence-electron chi connectivity index (χ2n) is 2.04. The average Bonchev–Trinajstić information content (AvgIpc) is 2.15. The minimum absolute atomic E-state index is 1.11. The Morgan fingerprint density at radius 2 is 2.38 bits per heavy atom. The van der Waals surface area contributed by atoms with E-state index in [0.717, 1.165) is 6.42 Å². The maximum atomic E-state index is 3.05. The standard InChI is InChI=1S/C7H7N/c1-2-6-4-8-5-7(6)3-1/h1-2,4-5,8H,3H2. The van der Waals surface area contributed by atoms with Crippen LogP contribution < -0.4 is 0 Å². The Morgan fingerprint density at radius 3 is 3.25 bits per heavy atom. The molecule has 1 aromatic heterocycles. The van der Waals surface area contributed by atoms with Crippen molar-refractivity contribution in [1.82, 2.24) is 4.98 Å². The summed E-state index contributed by atoms with van der Waals surface area (Å²) in [6.45, 7) is 0. The van der Waals surface area contributed by atoms with E-state index in [4.69, 9.17) is 0 Å². The van der Waals surface area contributed by atoms with Crippen molar-refractivity contribution in [3.05, 3.63) is 29.6 Å². The van der Waals surface area contributed by atoms with E-state index in [-0.39, 0.29) is 0 Å². The smallest absolute Gasteiger partial charge is 0.00809 e. The molecular weight excluding hydrogens is 98.1 g/mol. The van der Waals surface area contributed by atoms with Gasteiger partial charge in [0, 0.05) is 12.4 Å². The fourth-order valence-electron chi connectivity index (χ4n) is 1.05. The number of nitrogens with one attached hydrogen (secondary N) is 1. The van der Waals surface area contributed by atoms with Crippen LogP contribution in [-0.2, 0) is 6.42 Å². The van der Waals surface area contributed by atoms with E-state index in [9.17, 15) is 0 Å². The van der Waals surface area contributed by atoms with E-state index in [0.29, 0.717) is 0 Å². The van der Waals surface area contributed by atoms with Crippen LogP contribution in [0.2, 0.25) is 0 Å². The minimum atomic E-state index is 1.11. The van der Waals surface area contributed by atoms with E-state index < -0.39 is 0 Å². The summed E-state index contributed by atoms with van der Waals surface area (Å²) < 4.78 is 0. The molecule has 1 aliphatic carbocycles. The summed E-state index contributed by atoms with van der Waals surface area (Å²) in [6.07, 6.45) is 9.51. The molecule has 0 amide bonds. The van der Waals surface area contributed by atoms with Gasteiger partial charge in [-0.15, -0.1) is 0 Å². The van der Waals surface area contributed by atoms with Crippen LogP contribution in [0.5, 0.6) is 0 Å². The zero-order chi connectivity index (χ0) is 5.40. The molecule has 0 radical (unpaired) electrons. The van der Waals surface area contributed by atoms with Crippen LogP contribution >= 0.6 is 0 Å². The van der Waals surface area contributed by atoms with E-state index in [1.165, 1.54) is 11.1 Å². The number of rotatable bonds is 0. The lowest BCUT2D eigenvalue weighted by Gasteiger charge is -1.79. The van der Waals surface area contributed by atoms with Gasteiger partial charge < -0.3 is 4.98 Å². The third-order valence-electron chi connectivity index (χ3n) is 1.50. The molecule has 2 rings (SSSR count). The summed E-state index contributed by atoms with van der Waals surface area (Å²) in [5, 5.41) is 0. The van der Waals surface area contributed by atoms with E-state index in [1.54, 1.807) is 0 Å². The highest BCUT2D eigenvalue weighted by Crippen LogP contribution is 2.16. The molecule has 0 saturated heterocycles. The van der Waals surface area contributed by atoms with Gasteiger partial charge in [0.05, 0.1) is 0 Å². The molecule has 1 aliphatic rings. The lowest BCUT2D eigenvalue weighted by Crippen LogP contribution is -1.68. The molecule has 1 nitrogen and oxygen atoms in total. The van der Waals surface area contributed by atoms with Gasteiger partial charge in [0.1, 0.15) is 0 Å². The van der Waals surface area contributed by atoms with Gasteiger partial charge in [-0.1, -0.05) is 12.2 Å². The normalized spacial score (nSPS) is 14.5. The Bertz CT molecular complexity index is 220. The quantitative estimate of drug-likeness (QED) is 0.515. The van der Waals surface area contributed by atoms with E-state index in [2.05, 4.69) is 23.3 Å². The molecule has 40 valence electrons. The Balaban J connectivity index is 2.67. The molecule has 0 saturated carbocycles. The van der Waals surface area contributed by atoms with Crippen molar-refractivity contribution in [2.75, 3.05) is 0 Å². The van der Waals surface area contributed by atoms with Crippen LogP contribution in [0.1, 0.15) is 11.1 Å². The lowest BCUT2D eigenvalue weighted by atomic mass is 10.2. The van der Waals surface area contributed by atoms with Crippen molar-refractivity contribution in [3.63, 3.8) is 0 Å². The monoisotopic (exact) mass is 105 g/mol. The molecule has 0 aromatic carbocycles. The van der Waals surface area contributed by atoms with Gasteiger partial charge in [-0.25, -0.2) is 0 Å². The summed E-state index contributed by atoms with van der Waals surface area (Å²) in [6, 6.07) is 0. The van der Waals surface area contributed by atoms with Gasteiger partial charge in [0.15, 0.2) is 0 Å². The first-order valence-corrected chi connectivity index (χ1v) is 2.79. The number of H-pyrrole nitrogens is 1. The molecule has 1 heteroatoms. The second kappa shape index (κ2) is 1.25. The van der Waals surface area contributed by atoms with Crippen LogP contribution in [-0.4, -0.2) is 4.98 Å². The highest BCUT2D eigenvalue weighted by atomic mass is 14.6. The molecule has 1 aromatic rings. The predicted octanol–water partition coefficient (Wildman–Crippen LogP) is 1.58. The van der Waals surface area contributed by atoms with E-state index in [1.807, 2.05) is 6.20 Å². The first kappa shape index (κ1) is 3.96. The van der Waals surface area contributed by atoms with Gasteiger partial charge in [0.2, 0.25) is 0 Å². The molecule has 0 spiro atoms. The zero-order valence-electron chi connectivity index (χ0n) is 4.52. The van der Waals surface area contributed by atoms with E-state index >= 15 is 0 Å². The summed E-state index contributed by atoms with van der Waals surface area (Å²) in [5.74, 6) is 0. The van der Waals surface area contributed by atoms with Crippen molar-refractivity contribution in [1.29, 1.82) is 0 Å². The molecule has 0 fully saturated rings. The topological polar surface area (TPSA) is 15.8 Å². The largest absolute Gasteiger partial charge is 0.367 e. The fraction of sp³-hybridized carbons (Fsp3) is 0.143. The van der Waals surface area contributed by atoms with Crippen LogP contribution in [0.15, 0.2) is 18.5 Å². The fourth-order valence-corrected chi connectivity index (χ4v) is 1.05. The molecule has 1 N–H and O–H groups in total. The number of aromatic nitrogens is 1. The summed E-state index contributed by atoms with van der Waals surface area (Å²) >= 11 is 0. The van der Waals surface area contributed by atoms with Crippen molar-refractivity contribution in [2.45, 2.75) is 6.42 Å². The Kier molecular flexibility index (Phi) is 0.618. The maximum absolute atomic E-state index is 3.05. The van der Waals surface area contributed by atoms with Crippen molar-refractivity contribution in [2.24, 2.45) is 0 Å². The molecule has 0 bridgehead atoms. The van der Waals surface area contributed by atoms with Gasteiger partial charge in [-0.3, -0.25) is 0 Å². The summed E-state index contributed by atoms with van der Waals surface area (Å²) in [4.78, 5) is 3.05. The minimum Gasteiger partial charge on any atom is -0.367 e. The van der Waals surface area contributed by atoms with Gasteiger partial charge in [-0.2, -0.15) is 0 Å². The lowest BCUT2D eigenvalue weighted by molar-refractivity contribution is 1.30. The van der Waals surface area contributed by atoms with Crippen LogP contribution in [0, 0.1) is 0 Å². The SMILES string of the molecule is C1=Cc2c[nH]cc2C1. The number of fused-ring (bicyclic) bond motifs is 1. The van der Waals surface area contributed by atoms with Crippen molar-refractivity contribution < 1.29 is 0 Å². The Hall–Kier alpha value is -0.980. The van der Waals surface area contributed by atoms with Gasteiger partial charge in [-0.05, 0) is 17.5 Å². The highest BCUT2D eigenvalue weighted by molar-refractivity contribution is 5.58. The third kappa shape index (κ3) is 0.360. The second-order valence-corrected chi connectivity index (χ2v) is 2.04. The van der Waals surface area contributed by atoms with Gasteiger partial charge >= 0.3 is 0 Å². The number of allylic oxidation sites excluding steroid dienone is 1. The first-order valence-electron chi connectivity index (χ1n) is 2.79. The zero-order valence-corrected chi connectivity index (χ0v) is 4.52. The van der Waals surface area contributed by atoms with Gasteiger partial charge in [0.25, 0.3) is 0 Å². The molecule has 1 heterocycles. The molecule has 0 atom stereocenters. The number of hydrogen-bond donors (Lipinski definition) is 1. The maximum Gasteiger partial charge on any atom is 0.00809 e. The van der Waals surface area contributed by atoms with Crippen molar-refractivity contribution >= 4 is 6.08 Å². The average molecular weight is 105 g/mol. The summed E-state index contributed by atoms with van der Waals surface area (Å²) in [5.41, 5.74) is 2.77. The number of hydrogen-bond acceptors (Lipinski definition) is 0. The van der Waals surface area contributed by atoms with Crippen LogP contribution in [0.25, 0.3) is 6.08 Å². The predicted molar refractivity (Wildman–Crippen MR) is 33.5 cm³/mol. The highest BCUT2D eigenvalue weighted by Gasteiger charge is 2.02. The van der Waals surface area contributed by atoms with Crippen LogP contribution in [0.3, 0.4) is 0 Å². The molecule has 8 heavy (non-hydrogen) atoms. The Labute approximate surface area is 48.0 Å². The first-order chi connectivity index (χ1) is 3.97. The summed E-state index contributed by atoms with van der Waals surface area (Å²) in [7, 11) is 0. The Morgan fingerprint density at radius 1 is 1.38 bits per heavy atom. The molecular formula is C7H7N. The third-order valence-corrected chi connectivity index (χ3v) is 1.50. The molecule has 0 aliphatic heterocycles. The van der Waals surface area contributed by atoms with Crippen LogP contribution in [0.4, 0.5) is 0 Å². The van der Waals surface area contributed by atoms with Crippen molar-refractivity contribution in [3.8, 4) is 0 Å².